The predicted molar refractivity (Wildman–Crippen MR) is 70.7 cm³/mol. The van der Waals surface area contributed by atoms with Crippen LogP contribution in [0.25, 0.3) is 0 Å². The Labute approximate surface area is 110 Å². The minimum absolute atomic E-state index is 0.193. The topological polar surface area (TPSA) is 83.7 Å². The first-order valence-electron chi connectivity index (χ1n) is 6.13. The summed E-state index contributed by atoms with van der Waals surface area (Å²) >= 11 is 0. The van der Waals surface area contributed by atoms with Crippen LogP contribution < -0.4 is 4.90 Å². The van der Waals surface area contributed by atoms with Crippen molar-refractivity contribution in [3.05, 3.63) is 33.9 Å². The van der Waals surface area contributed by atoms with Crippen LogP contribution in [0.1, 0.15) is 37.0 Å². The smallest absolute Gasteiger partial charge is 0.342 e. The SMILES string of the molecule is CC1(C)CCCN1c1cccc(C(=O)O)c1[N+](=O)[O-]. The molecule has 0 aliphatic carbocycles. The van der Waals surface area contributed by atoms with Crippen molar-refractivity contribution < 1.29 is 14.8 Å². The van der Waals surface area contributed by atoms with Gasteiger partial charge in [0.25, 0.3) is 0 Å². The Morgan fingerprint density at radius 3 is 2.63 bits per heavy atom. The molecule has 1 saturated heterocycles. The summed E-state index contributed by atoms with van der Waals surface area (Å²) in [7, 11) is 0. The molecule has 0 aromatic heterocycles. The molecule has 2 rings (SSSR count). The third-order valence-electron chi connectivity index (χ3n) is 3.62. The molecule has 0 saturated carbocycles. The first-order chi connectivity index (χ1) is 8.84. The summed E-state index contributed by atoms with van der Waals surface area (Å²) < 4.78 is 0. The van der Waals surface area contributed by atoms with Crippen molar-refractivity contribution in [2.75, 3.05) is 11.4 Å². The number of anilines is 1. The number of hydrogen-bond donors (Lipinski definition) is 1. The summed E-state index contributed by atoms with van der Waals surface area (Å²) in [4.78, 5) is 23.7. The van der Waals surface area contributed by atoms with Gasteiger partial charge in [-0.1, -0.05) is 6.07 Å². The molecule has 19 heavy (non-hydrogen) atoms. The number of carboxylic acid groups (broad SMARTS) is 1. The Bertz CT molecular complexity index is 539. The van der Waals surface area contributed by atoms with Crippen molar-refractivity contribution >= 4 is 17.3 Å². The van der Waals surface area contributed by atoms with Gasteiger partial charge >= 0.3 is 11.7 Å². The second-order valence-electron chi connectivity index (χ2n) is 5.30. The van der Waals surface area contributed by atoms with Crippen LogP contribution in [0.3, 0.4) is 0 Å². The van der Waals surface area contributed by atoms with Gasteiger partial charge in [-0.05, 0) is 38.8 Å². The van der Waals surface area contributed by atoms with Gasteiger partial charge in [-0.25, -0.2) is 4.79 Å². The van der Waals surface area contributed by atoms with Crippen LogP contribution in [-0.4, -0.2) is 28.1 Å². The van der Waals surface area contributed by atoms with Crippen molar-refractivity contribution in [3.63, 3.8) is 0 Å². The summed E-state index contributed by atoms with van der Waals surface area (Å²) in [5.41, 5.74) is -0.371. The molecule has 1 aliphatic rings. The van der Waals surface area contributed by atoms with E-state index < -0.39 is 10.9 Å². The molecule has 1 heterocycles. The molecule has 0 atom stereocenters. The first-order valence-corrected chi connectivity index (χ1v) is 6.13. The van der Waals surface area contributed by atoms with E-state index in [4.69, 9.17) is 5.11 Å². The normalized spacial score (nSPS) is 17.5. The molecule has 6 nitrogen and oxygen atoms in total. The standard InChI is InChI=1S/C13H16N2O4/c1-13(2)7-4-8-14(13)10-6-3-5-9(12(16)17)11(10)15(18)19/h3,5-6H,4,7-8H2,1-2H3,(H,16,17). The van der Waals surface area contributed by atoms with Crippen molar-refractivity contribution in [2.45, 2.75) is 32.2 Å². The van der Waals surface area contributed by atoms with E-state index in [0.717, 1.165) is 12.8 Å². The minimum atomic E-state index is -1.27. The zero-order valence-corrected chi connectivity index (χ0v) is 10.9. The Hall–Kier alpha value is -2.11. The highest BCUT2D eigenvalue weighted by atomic mass is 16.6. The van der Waals surface area contributed by atoms with Crippen LogP contribution in [0.15, 0.2) is 18.2 Å². The number of nitro benzene ring substituents is 1. The van der Waals surface area contributed by atoms with Gasteiger partial charge < -0.3 is 10.0 Å². The fourth-order valence-electron chi connectivity index (χ4n) is 2.67. The first kappa shape index (κ1) is 13.3. The Morgan fingerprint density at radius 2 is 2.16 bits per heavy atom. The third kappa shape index (κ3) is 2.25. The van der Waals surface area contributed by atoms with E-state index in [1.165, 1.54) is 6.07 Å². The molecule has 1 aromatic carbocycles. The highest BCUT2D eigenvalue weighted by Crippen LogP contribution is 2.40. The molecule has 1 aliphatic heterocycles. The van der Waals surface area contributed by atoms with Gasteiger partial charge in [-0.3, -0.25) is 10.1 Å². The molecule has 1 aromatic rings. The summed E-state index contributed by atoms with van der Waals surface area (Å²) in [6.07, 6.45) is 1.88. The Morgan fingerprint density at radius 1 is 1.47 bits per heavy atom. The second kappa shape index (κ2) is 4.53. The highest BCUT2D eigenvalue weighted by molar-refractivity contribution is 5.95. The van der Waals surface area contributed by atoms with E-state index >= 15 is 0 Å². The van der Waals surface area contributed by atoms with E-state index in [9.17, 15) is 14.9 Å². The quantitative estimate of drug-likeness (QED) is 0.670. The fraction of sp³-hybridized carbons (Fsp3) is 0.462. The van der Waals surface area contributed by atoms with Crippen LogP contribution in [0.4, 0.5) is 11.4 Å². The van der Waals surface area contributed by atoms with Gasteiger partial charge in [0.15, 0.2) is 0 Å². The minimum Gasteiger partial charge on any atom is -0.477 e. The lowest BCUT2D eigenvalue weighted by atomic mass is 10.0. The number of nitrogens with zero attached hydrogens (tertiary/aromatic N) is 2. The summed E-state index contributed by atoms with van der Waals surface area (Å²) in [6, 6.07) is 4.45. The summed E-state index contributed by atoms with van der Waals surface area (Å²) in [5, 5.41) is 20.3. The molecule has 0 unspecified atom stereocenters. The number of benzene rings is 1. The van der Waals surface area contributed by atoms with Gasteiger partial charge in [0.1, 0.15) is 11.3 Å². The maximum absolute atomic E-state index is 11.2. The second-order valence-corrected chi connectivity index (χ2v) is 5.30. The lowest BCUT2D eigenvalue weighted by molar-refractivity contribution is -0.384. The van der Waals surface area contributed by atoms with Crippen molar-refractivity contribution in [1.29, 1.82) is 0 Å². The Balaban J connectivity index is 2.60. The number of hydrogen-bond acceptors (Lipinski definition) is 4. The zero-order chi connectivity index (χ0) is 14.2. The third-order valence-corrected chi connectivity index (χ3v) is 3.62. The molecular weight excluding hydrogens is 248 g/mol. The van der Waals surface area contributed by atoms with E-state index in [-0.39, 0.29) is 16.8 Å². The monoisotopic (exact) mass is 264 g/mol. The number of carboxylic acids is 1. The molecule has 0 amide bonds. The van der Waals surface area contributed by atoms with Crippen molar-refractivity contribution in [2.24, 2.45) is 0 Å². The van der Waals surface area contributed by atoms with E-state index in [0.29, 0.717) is 12.2 Å². The van der Waals surface area contributed by atoms with Crippen LogP contribution >= 0.6 is 0 Å². The van der Waals surface area contributed by atoms with Crippen molar-refractivity contribution in [3.8, 4) is 0 Å². The molecule has 1 N–H and O–H groups in total. The van der Waals surface area contributed by atoms with Gasteiger partial charge in [-0.2, -0.15) is 0 Å². The Kier molecular flexibility index (Phi) is 3.18. The largest absolute Gasteiger partial charge is 0.477 e. The zero-order valence-electron chi connectivity index (χ0n) is 10.9. The maximum atomic E-state index is 11.2. The average molecular weight is 264 g/mol. The summed E-state index contributed by atoms with van der Waals surface area (Å²) in [6.45, 7) is 4.73. The van der Waals surface area contributed by atoms with E-state index in [2.05, 4.69) is 0 Å². The number of para-hydroxylation sites is 1. The molecule has 0 radical (unpaired) electrons. The van der Waals surface area contributed by atoms with Crippen molar-refractivity contribution in [1.82, 2.24) is 0 Å². The molecule has 0 spiro atoms. The van der Waals surface area contributed by atoms with Gasteiger partial charge in [-0.15, -0.1) is 0 Å². The number of aromatic carboxylic acids is 1. The molecule has 102 valence electrons. The molecule has 6 heteroatoms. The maximum Gasteiger partial charge on any atom is 0.342 e. The molecule has 0 bridgehead atoms. The highest BCUT2D eigenvalue weighted by Gasteiger charge is 2.37. The van der Waals surface area contributed by atoms with Gasteiger partial charge in [0, 0.05) is 12.1 Å². The van der Waals surface area contributed by atoms with Gasteiger partial charge in [0.05, 0.1) is 4.92 Å². The molecule has 1 fully saturated rings. The average Bonchev–Trinajstić information content (AvgIpc) is 2.67. The van der Waals surface area contributed by atoms with E-state index in [1.807, 2.05) is 18.7 Å². The predicted octanol–water partition coefficient (Wildman–Crippen LogP) is 2.67. The number of carbonyl (C=O) groups is 1. The fourth-order valence-corrected chi connectivity index (χ4v) is 2.67. The molecular formula is C13H16N2O4. The lowest BCUT2D eigenvalue weighted by Crippen LogP contribution is -2.38. The van der Waals surface area contributed by atoms with Crippen LogP contribution in [0, 0.1) is 10.1 Å². The van der Waals surface area contributed by atoms with E-state index in [1.54, 1.807) is 12.1 Å². The van der Waals surface area contributed by atoms with Crippen LogP contribution in [-0.2, 0) is 0 Å². The number of nitro groups is 1. The van der Waals surface area contributed by atoms with Crippen LogP contribution in [0.5, 0.6) is 0 Å². The van der Waals surface area contributed by atoms with Gasteiger partial charge in [0.2, 0.25) is 0 Å². The lowest BCUT2D eigenvalue weighted by Gasteiger charge is -2.33. The van der Waals surface area contributed by atoms with Crippen LogP contribution in [0.2, 0.25) is 0 Å². The number of rotatable bonds is 3. The summed E-state index contributed by atoms with van der Waals surface area (Å²) in [5.74, 6) is -1.27.